The van der Waals surface area contributed by atoms with E-state index in [0.29, 0.717) is 11.5 Å². The van der Waals surface area contributed by atoms with Crippen molar-refractivity contribution in [2.45, 2.75) is 46.0 Å². The predicted molar refractivity (Wildman–Crippen MR) is 166 cm³/mol. The third-order valence-corrected chi connectivity index (χ3v) is 8.09. The highest BCUT2D eigenvalue weighted by Crippen LogP contribution is 2.29. The second kappa shape index (κ2) is 11.9. The number of fused-ring (bicyclic) bond motifs is 1. The number of halogens is 1. The van der Waals surface area contributed by atoms with Crippen LogP contribution in [0, 0.1) is 5.82 Å². The van der Waals surface area contributed by atoms with E-state index >= 15 is 0 Å². The Labute approximate surface area is 244 Å². The van der Waals surface area contributed by atoms with Gasteiger partial charge in [-0.05, 0) is 93.6 Å². The molecule has 0 atom stereocenters. The lowest BCUT2D eigenvalue weighted by atomic mass is 10.0. The first kappa shape index (κ1) is 27.8. The van der Waals surface area contributed by atoms with Gasteiger partial charge in [-0.2, -0.15) is 10.2 Å². The number of benzene rings is 1. The largest absolute Gasteiger partial charge is 0.335 e. The van der Waals surface area contributed by atoms with E-state index < -0.39 is 0 Å². The number of nitrogens with one attached hydrogen (secondary N) is 2. The van der Waals surface area contributed by atoms with E-state index in [1.54, 1.807) is 24.5 Å². The SMILES string of the molecule is C=c1c(-c2nc3c(-c4cc(F)cc(CCCN5CCCC5)c4)cncc3[nH]2)n[nH]/c1=C/C=C(\C)c1cn(C)nc1CC. The summed E-state index contributed by atoms with van der Waals surface area (Å²) in [6.45, 7) is 11.9. The number of aryl methyl sites for hydroxylation is 3. The van der Waals surface area contributed by atoms with Crippen LogP contribution in [-0.2, 0) is 19.9 Å². The van der Waals surface area contributed by atoms with Crippen LogP contribution in [0.5, 0.6) is 0 Å². The predicted octanol–water partition coefficient (Wildman–Crippen LogP) is 4.77. The van der Waals surface area contributed by atoms with Gasteiger partial charge in [-0.25, -0.2) is 9.37 Å². The van der Waals surface area contributed by atoms with Gasteiger partial charge in [-0.3, -0.25) is 14.8 Å². The Balaban J connectivity index is 1.28. The molecule has 216 valence electrons. The van der Waals surface area contributed by atoms with Crippen molar-refractivity contribution in [2.75, 3.05) is 19.6 Å². The molecule has 0 saturated carbocycles. The highest BCUT2D eigenvalue weighted by molar-refractivity contribution is 5.92. The van der Waals surface area contributed by atoms with Crippen LogP contribution in [0.1, 0.15) is 49.9 Å². The summed E-state index contributed by atoms with van der Waals surface area (Å²) in [7, 11) is 1.94. The van der Waals surface area contributed by atoms with E-state index in [2.05, 4.69) is 62.7 Å². The molecule has 1 fully saturated rings. The zero-order valence-electron chi connectivity index (χ0n) is 24.5. The summed E-state index contributed by atoms with van der Waals surface area (Å²) in [6, 6.07) is 5.26. The fourth-order valence-corrected chi connectivity index (χ4v) is 5.86. The van der Waals surface area contributed by atoms with Gasteiger partial charge in [-0.1, -0.05) is 25.6 Å². The lowest BCUT2D eigenvalue weighted by Crippen LogP contribution is -2.21. The van der Waals surface area contributed by atoms with Crippen molar-refractivity contribution >= 4 is 29.3 Å². The Bertz CT molecular complexity index is 1870. The molecule has 0 aliphatic carbocycles. The summed E-state index contributed by atoms with van der Waals surface area (Å²) >= 11 is 0. The second-order valence-electron chi connectivity index (χ2n) is 11.2. The van der Waals surface area contributed by atoms with Gasteiger partial charge in [0.1, 0.15) is 11.5 Å². The van der Waals surface area contributed by atoms with Crippen molar-refractivity contribution in [1.82, 2.24) is 39.8 Å². The molecule has 0 radical (unpaired) electrons. The molecule has 0 unspecified atom stereocenters. The quantitative estimate of drug-likeness (QED) is 0.269. The summed E-state index contributed by atoms with van der Waals surface area (Å²) in [5.41, 5.74) is 7.97. The number of hydrogen-bond acceptors (Lipinski definition) is 5. The molecule has 42 heavy (non-hydrogen) atoms. The summed E-state index contributed by atoms with van der Waals surface area (Å²) in [5.74, 6) is 0.341. The van der Waals surface area contributed by atoms with Crippen LogP contribution in [0.15, 0.2) is 42.9 Å². The maximum absolute atomic E-state index is 14.8. The number of nitrogens with zero attached hydrogens (tertiary/aromatic N) is 6. The Morgan fingerprint density at radius 3 is 2.81 bits per heavy atom. The summed E-state index contributed by atoms with van der Waals surface area (Å²) in [5, 5.41) is 13.7. The minimum absolute atomic E-state index is 0.246. The standard InChI is InChI=1S/C33H37FN8/c1-5-28-27(20-41(4)40-28)21(2)10-11-29-22(3)31(39-38-29)33-36-30-19-35-18-26(32(30)37-33)24-15-23(16-25(34)17-24)9-8-14-42-12-6-7-13-42/h10-11,15-20,38H,3,5-9,12-14H2,1-2,4H3,(H,36,37)/b21-10+,29-11+. The average Bonchev–Trinajstić information content (AvgIpc) is 3.78. The first-order chi connectivity index (χ1) is 20.4. The smallest absolute Gasteiger partial charge is 0.159 e. The summed E-state index contributed by atoms with van der Waals surface area (Å²) < 4.78 is 16.6. The van der Waals surface area contributed by atoms with Crippen molar-refractivity contribution in [3.63, 3.8) is 0 Å². The van der Waals surface area contributed by atoms with Crippen molar-refractivity contribution in [3.05, 3.63) is 76.1 Å². The van der Waals surface area contributed by atoms with Gasteiger partial charge in [-0.15, -0.1) is 0 Å². The van der Waals surface area contributed by atoms with Crippen LogP contribution in [-0.4, -0.2) is 59.5 Å². The number of H-pyrrole nitrogens is 2. The third kappa shape index (κ3) is 5.69. The summed E-state index contributed by atoms with van der Waals surface area (Å²) in [6.07, 6.45) is 14.8. The lowest BCUT2D eigenvalue weighted by molar-refractivity contribution is 0.334. The molecule has 5 aromatic rings. The molecule has 9 heteroatoms. The number of likely N-dealkylation sites (tertiary alicyclic amines) is 1. The van der Waals surface area contributed by atoms with Gasteiger partial charge < -0.3 is 9.88 Å². The highest BCUT2D eigenvalue weighted by Gasteiger charge is 2.16. The van der Waals surface area contributed by atoms with Gasteiger partial charge in [0, 0.05) is 35.8 Å². The number of imidazole rings is 1. The van der Waals surface area contributed by atoms with Crippen LogP contribution in [0.4, 0.5) is 4.39 Å². The molecule has 2 N–H and O–H groups in total. The average molecular weight is 565 g/mol. The number of hydrogen-bond donors (Lipinski definition) is 2. The zero-order valence-corrected chi connectivity index (χ0v) is 24.5. The van der Waals surface area contributed by atoms with Crippen LogP contribution < -0.4 is 10.6 Å². The number of pyridine rings is 1. The second-order valence-corrected chi connectivity index (χ2v) is 11.2. The first-order valence-electron chi connectivity index (χ1n) is 14.7. The van der Waals surface area contributed by atoms with Crippen LogP contribution in [0.3, 0.4) is 0 Å². The number of allylic oxidation sites excluding steroid dienone is 2. The van der Waals surface area contributed by atoms with Crippen molar-refractivity contribution in [3.8, 4) is 22.6 Å². The van der Waals surface area contributed by atoms with Gasteiger partial charge >= 0.3 is 0 Å². The zero-order chi connectivity index (χ0) is 29.2. The lowest BCUT2D eigenvalue weighted by Gasteiger charge is -2.14. The van der Waals surface area contributed by atoms with Gasteiger partial charge in [0.15, 0.2) is 5.82 Å². The van der Waals surface area contributed by atoms with Crippen molar-refractivity contribution < 1.29 is 4.39 Å². The minimum atomic E-state index is -0.246. The maximum atomic E-state index is 14.8. The van der Waals surface area contributed by atoms with Crippen LogP contribution in [0.2, 0.25) is 0 Å². The van der Waals surface area contributed by atoms with E-state index in [4.69, 9.17) is 4.98 Å². The van der Waals surface area contributed by atoms with Crippen molar-refractivity contribution in [2.24, 2.45) is 7.05 Å². The molecule has 1 aliphatic rings. The first-order valence-corrected chi connectivity index (χ1v) is 14.7. The molecule has 5 heterocycles. The van der Waals surface area contributed by atoms with E-state index in [1.807, 2.05) is 24.0 Å². The number of rotatable bonds is 9. The fourth-order valence-electron chi connectivity index (χ4n) is 5.86. The van der Waals surface area contributed by atoms with Crippen LogP contribution >= 0.6 is 0 Å². The Kier molecular flexibility index (Phi) is 7.84. The van der Waals surface area contributed by atoms with Gasteiger partial charge in [0.05, 0.1) is 28.3 Å². The van der Waals surface area contributed by atoms with Gasteiger partial charge in [0.2, 0.25) is 0 Å². The van der Waals surface area contributed by atoms with Gasteiger partial charge in [0.25, 0.3) is 0 Å². The van der Waals surface area contributed by atoms with Crippen LogP contribution in [0.25, 0.3) is 51.9 Å². The van der Waals surface area contributed by atoms with Crippen molar-refractivity contribution in [1.29, 1.82) is 0 Å². The Hall–Kier alpha value is -4.37. The normalized spacial score (nSPS) is 15.0. The molecule has 0 bridgehead atoms. The molecule has 4 aromatic heterocycles. The topological polar surface area (TPSA) is 91.3 Å². The molecule has 0 amide bonds. The molecule has 0 spiro atoms. The van der Waals surface area contributed by atoms with E-state index in [-0.39, 0.29) is 5.82 Å². The highest BCUT2D eigenvalue weighted by atomic mass is 19.1. The minimum Gasteiger partial charge on any atom is -0.335 e. The number of aromatic amines is 2. The molecule has 1 aromatic carbocycles. The fraction of sp³-hybridized carbons (Fsp3) is 0.333. The monoisotopic (exact) mass is 564 g/mol. The molecule has 8 nitrogen and oxygen atoms in total. The molecule has 1 aliphatic heterocycles. The van der Waals surface area contributed by atoms with E-state index in [9.17, 15) is 4.39 Å². The van der Waals surface area contributed by atoms with E-state index in [1.165, 1.54) is 25.9 Å². The molecule has 6 rings (SSSR count). The van der Waals surface area contributed by atoms with E-state index in [0.717, 1.165) is 80.9 Å². The molecule has 1 saturated heterocycles. The Morgan fingerprint density at radius 2 is 2.00 bits per heavy atom. The third-order valence-electron chi connectivity index (χ3n) is 8.09. The maximum Gasteiger partial charge on any atom is 0.159 e. The summed E-state index contributed by atoms with van der Waals surface area (Å²) in [4.78, 5) is 15.1. The Morgan fingerprint density at radius 1 is 1.17 bits per heavy atom. The molecular weight excluding hydrogens is 527 g/mol. The molecular formula is C33H37FN8. The number of aromatic nitrogens is 7.